The van der Waals surface area contributed by atoms with Gasteiger partial charge in [-0.2, -0.15) is 10.2 Å². The van der Waals surface area contributed by atoms with Gasteiger partial charge in [0, 0.05) is 30.0 Å². The highest BCUT2D eigenvalue weighted by molar-refractivity contribution is 5.91. The van der Waals surface area contributed by atoms with E-state index in [0.717, 1.165) is 22.8 Å². The molecule has 0 spiro atoms. The van der Waals surface area contributed by atoms with Gasteiger partial charge in [-0.25, -0.2) is 9.48 Å². The molecular formula is C18H22N6O. The molecule has 0 aliphatic rings. The average molecular weight is 338 g/mol. The summed E-state index contributed by atoms with van der Waals surface area (Å²) in [5.41, 5.74) is 4.47. The minimum absolute atomic E-state index is 0.0405. The number of anilines is 1. The minimum Gasteiger partial charge on any atom is -0.335 e. The molecule has 7 heteroatoms. The number of amides is 2. The number of rotatable bonds is 5. The molecular weight excluding hydrogens is 316 g/mol. The molecule has 0 aliphatic heterocycles. The first kappa shape index (κ1) is 16.8. The summed E-state index contributed by atoms with van der Waals surface area (Å²) in [6.07, 6.45) is 2.40. The number of carbonyl (C=O) groups is 1. The second-order valence-corrected chi connectivity index (χ2v) is 6.15. The smallest absolute Gasteiger partial charge is 0.319 e. The molecule has 3 N–H and O–H groups in total. The van der Waals surface area contributed by atoms with Crippen molar-refractivity contribution in [3.8, 4) is 5.69 Å². The average Bonchev–Trinajstić information content (AvgIpc) is 3.16. The molecule has 2 amide bonds. The number of aryl methyl sites for hydroxylation is 2. The maximum atomic E-state index is 12.3. The van der Waals surface area contributed by atoms with Crippen LogP contribution in [0.1, 0.15) is 24.0 Å². The van der Waals surface area contributed by atoms with Crippen LogP contribution < -0.4 is 10.6 Å². The van der Waals surface area contributed by atoms with E-state index in [-0.39, 0.29) is 12.1 Å². The SMILES string of the molecule is Cc1cc(CC(C)NC(=O)Nc2ccccc2-n2nccc2C)n[nH]1. The third-order valence-corrected chi connectivity index (χ3v) is 3.86. The van der Waals surface area contributed by atoms with Gasteiger partial charge in [0.05, 0.1) is 17.1 Å². The predicted octanol–water partition coefficient (Wildman–Crippen LogP) is 2.96. The largest absolute Gasteiger partial charge is 0.335 e. The van der Waals surface area contributed by atoms with Gasteiger partial charge >= 0.3 is 6.03 Å². The molecule has 2 heterocycles. The standard InChI is InChI=1S/C18H22N6O/c1-12(10-15-11-13(2)22-23-15)20-18(25)21-16-6-4-5-7-17(16)24-14(3)8-9-19-24/h4-9,11-12H,10H2,1-3H3,(H,22,23)(H2,20,21,25). The third-order valence-electron chi connectivity index (χ3n) is 3.86. The van der Waals surface area contributed by atoms with Gasteiger partial charge in [0.1, 0.15) is 0 Å². The second-order valence-electron chi connectivity index (χ2n) is 6.15. The van der Waals surface area contributed by atoms with E-state index in [1.165, 1.54) is 0 Å². The van der Waals surface area contributed by atoms with Gasteiger partial charge in [0.2, 0.25) is 0 Å². The van der Waals surface area contributed by atoms with Crippen LogP contribution in [0.2, 0.25) is 0 Å². The summed E-state index contributed by atoms with van der Waals surface area (Å²) < 4.78 is 1.80. The van der Waals surface area contributed by atoms with Crippen molar-refractivity contribution in [3.05, 3.63) is 59.7 Å². The van der Waals surface area contributed by atoms with E-state index in [1.807, 2.05) is 57.2 Å². The lowest BCUT2D eigenvalue weighted by atomic mass is 10.2. The Labute approximate surface area is 146 Å². The molecule has 3 aromatic rings. The lowest BCUT2D eigenvalue weighted by Crippen LogP contribution is -2.37. The topological polar surface area (TPSA) is 87.6 Å². The Hall–Kier alpha value is -3.09. The zero-order valence-electron chi connectivity index (χ0n) is 14.6. The minimum atomic E-state index is -0.253. The van der Waals surface area contributed by atoms with Crippen molar-refractivity contribution < 1.29 is 4.79 Å². The molecule has 1 atom stereocenters. The maximum Gasteiger partial charge on any atom is 0.319 e. The van der Waals surface area contributed by atoms with E-state index in [4.69, 9.17) is 0 Å². The van der Waals surface area contributed by atoms with E-state index < -0.39 is 0 Å². The predicted molar refractivity (Wildman–Crippen MR) is 96.9 cm³/mol. The number of H-pyrrole nitrogens is 1. The maximum absolute atomic E-state index is 12.3. The first-order valence-electron chi connectivity index (χ1n) is 8.21. The number of urea groups is 1. The van der Waals surface area contributed by atoms with Crippen LogP contribution in [-0.2, 0) is 6.42 Å². The van der Waals surface area contributed by atoms with E-state index in [1.54, 1.807) is 10.9 Å². The first-order valence-corrected chi connectivity index (χ1v) is 8.21. The normalized spacial score (nSPS) is 12.0. The summed E-state index contributed by atoms with van der Waals surface area (Å²) in [4.78, 5) is 12.3. The Morgan fingerprint density at radius 1 is 1.28 bits per heavy atom. The van der Waals surface area contributed by atoms with E-state index in [0.29, 0.717) is 12.1 Å². The third kappa shape index (κ3) is 4.06. The van der Waals surface area contributed by atoms with Crippen LogP contribution in [0.4, 0.5) is 10.5 Å². The summed E-state index contributed by atoms with van der Waals surface area (Å²) >= 11 is 0. The molecule has 0 aliphatic carbocycles. The molecule has 0 fully saturated rings. The monoisotopic (exact) mass is 338 g/mol. The van der Waals surface area contributed by atoms with Crippen molar-refractivity contribution in [2.24, 2.45) is 0 Å². The number of nitrogens with zero attached hydrogens (tertiary/aromatic N) is 3. The highest BCUT2D eigenvalue weighted by Gasteiger charge is 2.13. The lowest BCUT2D eigenvalue weighted by molar-refractivity contribution is 0.249. The Balaban J connectivity index is 1.66. The quantitative estimate of drug-likeness (QED) is 0.668. The van der Waals surface area contributed by atoms with Gasteiger partial charge < -0.3 is 10.6 Å². The zero-order chi connectivity index (χ0) is 17.8. The van der Waals surface area contributed by atoms with Gasteiger partial charge in [-0.1, -0.05) is 12.1 Å². The number of aromatic amines is 1. The van der Waals surface area contributed by atoms with Gasteiger partial charge in [-0.3, -0.25) is 5.10 Å². The number of hydrogen-bond acceptors (Lipinski definition) is 3. The molecule has 7 nitrogen and oxygen atoms in total. The number of aromatic nitrogens is 4. The van der Waals surface area contributed by atoms with Crippen molar-refractivity contribution in [2.45, 2.75) is 33.2 Å². The van der Waals surface area contributed by atoms with Crippen LogP contribution in [0.5, 0.6) is 0 Å². The van der Waals surface area contributed by atoms with Gasteiger partial charge in [0.15, 0.2) is 0 Å². The first-order chi connectivity index (χ1) is 12.0. The summed E-state index contributed by atoms with van der Waals surface area (Å²) in [6, 6.07) is 11.2. The van der Waals surface area contributed by atoms with E-state index in [9.17, 15) is 4.79 Å². The van der Waals surface area contributed by atoms with Gasteiger partial charge in [0.25, 0.3) is 0 Å². The highest BCUT2D eigenvalue weighted by atomic mass is 16.2. The number of nitrogens with one attached hydrogen (secondary N) is 3. The van der Waals surface area contributed by atoms with E-state index >= 15 is 0 Å². The van der Waals surface area contributed by atoms with Crippen LogP contribution in [0, 0.1) is 13.8 Å². The van der Waals surface area contributed by atoms with Crippen molar-refractivity contribution in [1.82, 2.24) is 25.3 Å². The van der Waals surface area contributed by atoms with Crippen molar-refractivity contribution in [2.75, 3.05) is 5.32 Å². The Morgan fingerprint density at radius 2 is 2.08 bits per heavy atom. The molecule has 0 radical (unpaired) electrons. The lowest BCUT2D eigenvalue weighted by Gasteiger charge is -2.16. The molecule has 1 unspecified atom stereocenters. The molecule has 2 aromatic heterocycles. The Kier molecular flexibility index (Phi) is 4.83. The summed E-state index contributed by atoms with van der Waals surface area (Å²) in [6.45, 7) is 5.88. The molecule has 0 saturated heterocycles. The summed E-state index contributed by atoms with van der Waals surface area (Å²) in [5.74, 6) is 0. The fraction of sp³-hybridized carbons (Fsp3) is 0.278. The summed E-state index contributed by atoms with van der Waals surface area (Å²) in [5, 5.41) is 17.3. The summed E-state index contributed by atoms with van der Waals surface area (Å²) in [7, 11) is 0. The van der Waals surface area contributed by atoms with Crippen LogP contribution in [0.25, 0.3) is 5.69 Å². The van der Waals surface area contributed by atoms with Crippen LogP contribution in [-0.4, -0.2) is 32.1 Å². The fourth-order valence-electron chi connectivity index (χ4n) is 2.71. The van der Waals surface area contributed by atoms with Gasteiger partial charge in [-0.05, 0) is 45.0 Å². The van der Waals surface area contributed by atoms with Crippen molar-refractivity contribution in [1.29, 1.82) is 0 Å². The fourth-order valence-corrected chi connectivity index (χ4v) is 2.71. The van der Waals surface area contributed by atoms with Crippen LogP contribution in [0.15, 0.2) is 42.6 Å². The molecule has 1 aromatic carbocycles. The number of para-hydroxylation sites is 2. The number of carbonyl (C=O) groups excluding carboxylic acids is 1. The van der Waals surface area contributed by atoms with Gasteiger partial charge in [-0.15, -0.1) is 0 Å². The molecule has 0 bridgehead atoms. The van der Waals surface area contributed by atoms with Crippen molar-refractivity contribution >= 4 is 11.7 Å². The molecule has 3 rings (SSSR count). The number of benzene rings is 1. The Morgan fingerprint density at radius 3 is 2.76 bits per heavy atom. The van der Waals surface area contributed by atoms with Crippen molar-refractivity contribution in [3.63, 3.8) is 0 Å². The van der Waals surface area contributed by atoms with E-state index in [2.05, 4.69) is 25.9 Å². The molecule has 0 saturated carbocycles. The molecule has 130 valence electrons. The second kappa shape index (κ2) is 7.21. The molecule has 25 heavy (non-hydrogen) atoms. The Bertz CT molecular complexity index is 866. The van der Waals surface area contributed by atoms with Crippen LogP contribution >= 0.6 is 0 Å². The number of hydrogen-bond donors (Lipinski definition) is 3. The van der Waals surface area contributed by atoms with Crippen LogP contribution in [0.3, 0.4) is 0 Å². The highest BCUT2D eigenvalue weighted by Crippen LogP contribution is 2.20. The zero-order valence-corrected chi connectivity index (χ0v) is 14.6.